The van der Waals surface area contributed by atoms with Crippen molar-refractivity contribution in [1.82, 2.24) is 0 Å². The number of ether oxygens (including phenoxy) is 2. The Morgan fingerprint density at radius 3 is 2.50 bits per heavy atom. The van der Waals surface area contributed by atoms with E-state index < -0.39 is 0 Å². The molecule has 0 aliphatic rings. The molecule has 2 rings (SSSR count). The average molecular weight is 325 g/mol. The lowest BCUT2D eigenvalue weighted by Gasteiger charge is -2.09. The maximum absolute atomic E-state index is 12.3. The minimum Gasteiger partial charge on any atom is -0.494 e. The van der Waals surface area contributed by atoms with E-state index in [0.29, 0.717) is 24.5 Å². The first kappa shape index (κ1) is 17.6. The molecule has 0 radical (unpaired) electrons. The molecule has 0 heterocycles. The Labute approximate surface area is 143 Å². The number of hydrogen-bond acceptors (Lipinski definition) is 3. The lowest BCUT2D eigenvalue weighted by atomic mass is 10.2. The van der Waals surface area contributed by atoms with E-state index in [2.05, 4.69) is 18.8 Å². The Morgan fingerprint density at radius 1 is 1.08 bits per heavy atom. The molecule has 4 nitrogen and oxygen atoms in total. The van der Waals surface area contributed by atoms with Crippen LogP contribution in [0.5, 0.6) is 11.5 Å². The monoisotopic (exact) mass is 325 g/mol. The SMILES string of the molecule is C=C(C)COc1cccc(C(=O)Nc2ccc(OCCC)cc2)c1. The van der Waals surface area contributed by atoms with Crippen LogP contribution < -0.4 is 14.8 Å². The largest absolute Gasteiger partial charge is 0.494 e. The zero-order valence-corrected chi connectivity index (χ0v) is 14.2. The summed E-state index contributed by atoms with van der Waals surface area (Å²) < 4.78 is 11.1. The number of hydrogen-bond donors (Lipinski definition) is 1. The molecule has 0 fully saturated rings. The Bertz CT molecular complexity index is 692. The van der Waals surface area contributed by atoms with Gasteiger partial charge in [0, 0.05) is 11.3 Å². The Balaban J connectivity index is 1.98. The van der Waals surface area contributed by atoms with Crippen LogP contribution in [-0.2, 0) is 0 Å². The van der Waals surface area contributed by atoms with Crippen LogP contribution in [0.25, 0.3) is 0 Å². The summed E-state index contributed by atoms with van der Waals surface area (Å²) in [7, 11) is 0. The predicted octanol–water partition coefficient (Wildman–Crippen LogP) is 4.68. The Hall–Kier alpha value is -2.75. The molecule has 4 heteroatoms. The van der Waals surface area contributed by atoms with Gasteiger partial charge in [-0.05, 0) is 61.4 Å². The molecule has 0 spiro atoms. The van der Waals surface area contributed by atoms with E-state index in [1.54, 1.807) is 18.2 Å². The summed E-state index contributed by atoms with van der Waals surface area (Å²) in [6.07, 6.45) is 0.961. The Morgan fingerprint density at radius 2 is 1.83 bits per heavy atom. The second-order valence-electron chi connectivity index (χ2n) is 5.60. The first-order valence-electron chi connectivity index (χ1n) is 8.00. The van der Waals surface area contributed by atoms with Crippen molar-refractivity contribution in [2.24, 2.45) is 0 Å². The zero-order chi connectivity index (χ0) is 17.4. The van der Waals surface area contributed by atoms with Crippen LogP contribution >= 0.6 is 0 Å². The minimum atomic E-state index is -0.182. The summed E-state index contributed by atoms with van der Waals surface area (Å²) in [5.41, 5.74) is 2.19. The molecule has 0 atom stereocenters. The van der Waals surface area contributed by atoms with Gasteiger partial charge in [0.15, 0.2) is 0 Å². The van der Waals surface area contributed by atoms with E-state index >= 15 is 0 Å². The summed E-state index contributed by atoms with van der Waals surface area (Å²) in [5.74, 6) is 1.26. The van der Waals surface area contributed by atoms with Gasteiger partial charge in [-0.1, -0.05) is 19.6 Å². The molecule has 24 heavy (non-hydrogen) atoms. The van der Waals surface area contributed by atoms with E-state index in [0.717, 1.165) is 23.4 Å². The normalized spacial score (nSPS) is 10.1. The fourth-order valence-corrected chi connectivity index (χ4v) is 1.99. The van der Waals surface area contributed by atoms with Crippen molar-refractivity contribution in [3.8, 4) is 11.5 Å². The highest BCUT2D eigenvalue weighted by Crippen LogP contribution is 2.18. The van der Waals surface area contributed by atoms with E-state index in [1.165, 1.54) is 0 Å². The molecular weight excluding hydrogens is 302 g/mol. The minimum absolute atomic E-state index is 0.182. The van der Waals surface area contributed by atoms with E-state index in [-0.39, 0.29) is 5.91 Å². The third-order valence-corrected chi connectivity index (χ3v) is 3.17. The summed E-state index contributed by atoms with van der Waals surface area (Å²) in [5, 5.41) is 2.87. The molecule has 2 aromatic carbocycles. The second-order valence-corrected chi connectivity index (χ2v) is 5.60. The van der Waals surface area contributed by atoms with Crippen molar-refractivity contribution in [1.29, 1.82) is 0 Å². The molecular formula is C20H23NO3. The van der Waals surface area contributed by atoms with Crippen LogP contribution in [0.2, 0.25) is 0 Å². The Kier molecular flexibility index (Phi) is 6.43. The summed E-state index contributed by atoms with van der Waals surface area (Å²) in [6.45, 7) is 8.86. The van der Waals surface area contributed by atoms with Gasteiger partial charge >= 0.3 is 0 Å². The molecule has 0 saturated carbocycles. The molecule has 126 valence electrons. The summed E-state index contributed by atoms with van der Waals surface area (Å²) in [4.78, 5) is 12.3. The lowest BCUT2D eigenvalue weighted by Crippen LogP contribution is -2.12. The highest BCUT2D eigenvalue weighted by atomic mass is 16.5. The fourth-order valence-electron chi connectivity index (χ4n) is 1.99. The van der Waals surface area contributed by atoms with Crippen molar-refractivity contribution in [3.05, 3.63) is 66.2 Å². The van der Waals surface area contributed by atoms with Crippen LogP contribution in [0, 0.1) is 0 Å². The third kappa shape index (κ3) is 5.47. The standard InChI is InChI=1S/C20H23NO3/c1-4-12-23-18-10-8-17(9-11-18)21-20(22)16-6-5-7-19(13-16)24-14-15(2)3/h5-11,13H,2,4,12,14H2,1,3H3,(H,21,22). The number of anilines is 1. The number of nitrogens with one attached hydrogen (secondary N) is 1. The van der Waals surface area contributed by atoms with Crippen molar-refractivity contribution >= 4 is 11.6 Å². The number of carbonyl (C=O) groups excluding carboxylic acids is 1. The molecule has 0 aliphatic carbocycles. The zero-order valence-electron chi connectivity index (χ0n) is 14.2. The fraction of sp³-hybridized carbons (Fsp3) is 0.250. The highest BCUT2D eigenvalue weighted by molar-refractivity contribution is 6.04. The lowest BCUT2D eigenvalue weighted by molar-refractivity contribution is 0.102. The van der Waals surface area contributed by atoms with Gasteiger partial charge in [0.1, 0.15) is 18.1 Å². The molecule has 0 saturated heterocycles. The summed E-state index contributed by atoms with van der Waals surface area (Å²) >= 11 is 0. The average Bonchev–Trinajstić information content (AvgIpc) is 2.59. The maximum Gasteiger partial charge on any atom is 0.255 e. The number of amides is 1. The maximum atomic E-state index is 12.3. The first-order chi connectivity index (χ1) is 11.6. The van der Waals surface area contributed by atoms with Crippen LogP contribution in [-0.4, -0.2) is 19.1 Å². The van der Waals surface area contributed by atoms with Gasteiger partial charge in [-0.25, -0.2) is 0 Å². The van der Waals surface area contributed by atoms with Crippen molar-refractivity contribution in [2.45, 2.75) is 20.3 Å². The molecule has 1 amide bonds. The smallest absolute Gasteiger partial charge is 0.255 e. The highest BCUT2D eigenvalue weighted by Gasteiger charge is 2.07. The quantitative estimate of drug-likeness (QED) is 0.717. The molecule has 0 aromatic heterocycles. The van der Waals surface area contributed by atoms with Gasteiger partial charge < -0.3 is 14.8 Å². The van der Waals surface area contributed by atoms with E-state index in [1.807, 2.05) is 37.3 Å². The van der Waals surface area contributed by atoms with Crippen LogP contribution in [0.3, 0.4) is 0 Å². The third-order valence-electron chi connectivity index (χ3n) is 3.17. The van der Waals surface area contributed by atoms with Gasteiger partial charge in [0.25, 0.3) is 5.91 Å². The van der Waals surface area contributed by atoms with Crippen molar-refractivity contribution in [3.63, 3.8) is 0 Å². The van der Waals surface area contributed by atoms with Crippen LogP contribution in [0.1, 0.15) is 30.6 Å². The first-order valence-corrected chi connectivity index (χ1v) is 8.00. The number of benzene rings is 2. The molecule has 1 N–H and O–H groups in total. The summed E-state index contributed by atoms with van der Waals surface area (Å²) in [6, 6.07) is 14.4. The molecule has 2 aromatic rings. The van der Waals surface area contributed by atoms with Crippen molar-refractivity contribution in [2.75, 3.05) is 18.5 Å². The van der Waals surface area contributed by atoms with Crippen molar-refractivity contribution < 1.29 is 14.3 Å². The van der Waals surface area contributed by atoms with Gasteiger partial charge in [-0.15, -0.1) is 0 Å². The van der Waals surface area contributed by atoms with Gasteiger partial charge in [-0.3, -0.25) is 4.79 Å². The molecule has 0 unspecified atom stereocenters. The predicted molar refractivity (Wildman–Crippen MR) is 96.9 cm³/mol. The van der Waals surface area contributed by atoms with Gasteiger partial charge in [0.2, 0.25) is 0 Å². The molecule has 0 aliphatic heterocycles. The second kappa shape index (κ2) is 8.77. The van der Waals surface area contributed by atoms with E-state index in [4.69, 9.17) is 9.47 Å². The van der Waals surface area contributed by atoms with Crippen LogP contribution in [0.15, 0.2) is 60.7 Å². The number of carbonyl (C=O) groups is 1. The number of rotatable bonds is 8. The topological polar surface area (TPSA) is 47.6 Å². The van der Waals surface area contributed by atoms with Crippen LogP contribution in [0.4, 0.5) is 5.69 Å². The van der Waals surface area contributed by atoms with E-state index in [9.17, 15) is 4.79 Å². The molecule has 0 bridgehead atoms. The van der Waals surface area contributed by atoms with Gasteiger partial charge in [0.05, 0.1) is 6.61 Å². The van der Waals surface area contributed by atoms with Gasteiger partial charge in [-0.2, -0.15) is 0 Å².